The lowest BCUT2D eigenvalue weighted by molar-refractivity contribution is -0.157. The van der Waals surface area contributed by atoms with Gasteiger partial charge in [-0.3, -0.25) is 115 Å². The molecule has 8 heterocycles. The van der Waals surface area contributed by atoms with Crippen LogP contribution in [-0.4, -0.2) is 302 Å². The van der Waals surface area contributed by atoms with Gasteiger partial charge in [0, 0.05) is 137 Å². The maximum absolute atomic E-state index is 15.8. The van der Waals surface area contributed by atoms with E-state index in [1.54, 1.807) is 13.8 Å². The SMILES string of the molecule is CC[C@H](C)[C@@H]1NC(=O)CNC(=O)[C@H]2CC(=O)[C@H](C(C)[C@@H](O)CO)NC(=O)[C@@H]3C[C@@H](O)CN3C(=O)[C@H](CC(=O)O)CC(=O)[C@H](CS(=O)c3[nH]c4cc5c(cc4c3C2)CC(=O)C(C)CC(=O)C(C)NC(=O)CCOCCCC(=O)C2C(C(=O)CCCOCCC(=O)NC(C)C(=O)CC(C)C(=O)O5)N3C(=O)CC(SCSC4CC(=O)N2C4=O)C3=O)NC(=O)CNC1=O. The fourth-order valence-electron chi connectivity index (χ4n) is 15.8. The first-order chi connectivity index (χ1) is 58.7. The summed E-state index contributed by atoms with van der Waals surface area (Å²) in [7, 11) is -2.73. The highest BCUT2D eigenvalue weighted by atomic mass is 32.2. The maximum atomic E-state index is 15.8. The smallest absolute Gasteiger partial charge is 0.314 e. The number of nitrogens with zero attached hydrogens (tertiary/aromatic N) is 3. The topological polar surface area (TPSA) is 594 Å². The van der Waals surface area contributed by atoms with Crippen LogP contribution in [0.1, 0.15) is 156 Å². The third-order valence-corrected chi connectivity index (χ3v) is 27.3. The maximum Gasteiger partial charge on any atom is 0.314 e. The number of ether oxygens (including phenoxy) is 3. The van der Waals surface area contributed by atoms with Crippen molar-refractivity contribution in [3.63, 3.8) is 0 Å². The number of H-pyrrole nitrogens is 1. The molecule has 0 radical (unpaired) electrons. The number of carbonyl (C=O) groups is 21. The van der Waals surface area contributed by atoms with Crippen LogP contribution in [0, 0.1) is 35.5 Å². The summed E-state index contributed by atoms with van der Waals surface area (Å²) in [5.41, 5.74) is -0.504. The molecule has 1 aromatic carbocycles. The molecule has 43 heteroatoms. The minimum Gasteiger partial charge on any atom is -0.481 e. The van der Waals surface area contributed by atoms with Crippen LogP contribution < -0.4 is 42.0 Å². The zero-order valence-corrected chi connectivity index (χ0v) is 72.1. The number of imide groups is 2. The molecule has 6 bridgehead atoms. The number of amides is 12. The molecule has 9 rings (SSSR count). The molecule has 0 aliphatic carbocycles. The van der Waals surface area contributed by atoms with Crippen LogP contribution in [0.4, 0.5) is 0 Å². The number of rotatable bonds is 7. The zero-order valence-electron chi connectivity index (χ0n) is 69.7. The number of aliphatic hydroxyl groups is 3. The van der Waals surface area contributed by atoms with E-state index >= 15 is 18.6 Å². The van der Waals surface area contributed by atoms with Gasteiger partial charge in [0.15, 0.2) is 34.7 Å². The summed E-state index contributed by atoms with van der Waals surface area (Å²) >= 11 is 2.13. The first kappa shape index (κ1) is 97.9. The first-order valence-electron chi connectivity index (χ1n) is 41.3. The van der Waals surface area contributed by atoms with Gasteiger partial charge in [0.25, 0.3) is 0 Å². The number of nitrogens with one attached hydrogen (secondary N) is 8. The Kier molecular flexibility index (Phi) is 35.0. The van der Waals surface area contributed by atoms with Gasteiger partial charge >= 0.3 is 11.9 Å². The number of aliphatic hydroxyl groups excluding tert-OH is 3. The molecule has 0 spiro atoms. The number of ketones is 7. The van der Waals surface area contributed by atoms with Crippen LogP contribution in [0.2, 0.25) is 0 Å². The molecule has 124 heavy (non-hydrogen) atoms. The largest absolute Gasteiger partial charge is 0.481 e. The Labute approximate surface area is 723 Å². The highest BCUT2D eigenvalue weighted by Crippen LogP contribution is 2.40. The van der Waals surface area contributed by atoms with Crippen LogP contribution in [-0.2, 0) is 134 Å². The fraction of sp³-hybridized carbons (Fsp3) is 0.642. The van der Waals surface area contributed by atoms with Crippen molar-refractivity contribution in [3.8, 4) is 5.75 Å². The number of hydrogen-bond acceptors (Lipinski definition) is 30. The van der Waals surface area contributed by atoms with Gasteiger partial charge in [-0.1, -0.05) is 41.0 Å². The lowest BCUT2D eigenvalue weighted by atomic mass is 9.85. The van der Waals surface area contributed by atoms with Crippen molar-refractivity contribution in [3.05, 3.63) is 23.3 Å². The summed E-state index contributed by atoms with van der Waals surface area (Å²) in [6, 6.07) is -11.0. The average molecular weight is 1790 g/mol. The summed E-state index contributed by atoms with van der Waals surface area (Å²) in [5.74, 6) is -29.6. The number of aromatic nitrogens is 1. The van der Waals surface area contributed by atoms with Crippen LogP contribution in [0.25, 0.3) is 10.9 Å². The van der Waals surface area contributed by atoms with E-state index in [0.717, 1.165) is 34.5 Å². The number of carboxylic acids is 1. The van der Waals surface area contributed by atoms with E-state index in [1.165, 1.54) is 40.7 Å². The normalized spacial score (nSPS) is 30.5. The number of esters is 1. The molecule has 12 amide bonds. The second kappa shape index (κ2) is 44.3. The second-order valence-electron chi connectivity index (χ2n) is 32.5. The monoisotopic (exact) mass is 1790 g/mol. The number of aromatic amines is 1. The van der Waals surface area contributed by atoms with Crippen LogP contribution >= 0.6 is 23.5 Å². The fourth-order valence-corrected chi connectivity index (χ4v) is 19.9. The lowest BCUT2D eigenvalue weighted by Crippen LogP contribution is -2.62. The molecule has 7 aliphatic rings. The summed E-state index contributed by atoms with van der Waals surface area (Å²) in [6.45, 7) is 5.38. The van der Waals surface area contributed by atoms with Crippen LogP contribution in [0.5, 0.6) is 5.75 Å². The quantitative estimate of drug-likeness (QED) is 0.0764. The van der Waals surface area contributed by atoms with Crippen LogP contribution in [0.15, 0.2) is 17.2 Å². The highest BCUT2D eigenvalue weighted by molar-refractivity contribution is 8.17. The molecule has 0 saturated carbocycles. The second-order valence-corrected chi connectivity index (χ2v) is 36.7. The summed E-state index contributed by atoms with van der Waals surface area (Å²) < 4.78 is 33.2. The third-order valence-electron chi connectivity index (χ3n) is 23.3. The number of fused-ring (bicyclic) bond motifs is 13. The number of Topliss-reactive ketones (excluding diaryl/α,β-unsaturated/α-hetero) is 7. The summed E-state index contributed by atoms with van der Waals surface area (Å²) in [4.78, 5) is 304. The van der Waals surface area contributed by atoms with E-state index in [2.05, 4.69) is 42.2 Å². The molecule has 678 valence electrons. The minimum atomic E-state index is -2.73. The van der Waals surface area contributed by atoms with E-state index in [9.17, 15) is 107 Å². The van der Waals surface area contributed by atoms with Gasteiger partial charge in [0.2, 0.25) is 70.9 Å². The minimum absolute atomic E-state index is 0.0739. The number of carboxylic acid groups (broad SMARTS) is 1. The first-order valence-corrected chi connectivity index (χ1v) is 44.7. The lowest BCUT2D eigenvalue weighted by Gasteiger charge is -2.36. The molecule has 4 fully saturated rings. The zero-order chi connectivity index (χ0) is 91.0. The molecular formula is C81H107N11O29S3. The van der Waals surface area contributed by atoms with Gasteiger partial charge in [-0.05, 0) is 50.7 Å². The van der Waals surface area contributed by atoms with Gasteiger partial charge < -0.3 is 81.7 Å². The van der Waals surface area contributed by atoms with Crippen molar-refractivity contribution in [2.45, 2.75) is 234 Å². The number of aliphatic carboxylic acids is 1. The van der Waals surface area contributed by atoms with Crippen molar-refractivity contribution in [2.75, 3.05) is 63.5 Å². The van der Waals surface area contributed by atoms with Gasteiger partial charge in [-0.2, -0.15) is 0 Å². The van der Waals surface area contributed by atoms with E-state index in [0.29, 0.717) is 9.80 Å². The molecule has 12 N–H and O–H groups in total. The number of hydrogen-bond donors (Lipinski definition) is 12. The predicted octanol–water partition coefficient (Wildman–Crippen LogP) is -2.67. The van der Waals surface area contributed by atoms with Crippen molar-refractivity contribution >= 4 is 169 Å². The molecule has 1 aromatic heterocycles. The predicted molar refractivity (Wildman–Crippen MR) is 436 cm³/mol. The Morgan fingerprint density at radius 2 is 1.15 bits per heavy atom. The number of carbonyl (C=O) groups excluding carboxylic acids is 20. The Hall–Kier alpha value is -9.92. The molecule has 4 saturated heterocycles. The standard InChI is InChI=1S/C81H107N11O29S3/c1-8-37(2)70-76(113)83-31-65(105)86-50-35-124(118)77-48(22-44(74(111)82-32-66(106)88-70)24-58(101)71(40(5)59(102)34-93)89-75(112)51-27-46(94)33-90(51)78(114)45(25-57(50)100)26-69(109)110)47-21-43-23-54(97)38(3)19-55(98)41(6)84-63(103)13-17-119-15-9-11-52(95)72-73(92-68(108)30-62(80(92)116)123-36-122-61-29-67(107)91(72)79(61)115)53(96)12-10-16-120-18-14-64(104)85-42(7)56(99)20-39(4)81(117)121-60(43)28-49(47)87-77/h21,28,37-42,44-46,50-51,59,61-62,70-73,87,93-94,102H,8-20,22-27,29-36H2,1-7H3,(H,82,111)(H,83,113)(H,84,103)(H,85,104)(H,86,105)(H,88,106)(H,89,112)(H,109,110)/t37-,38?,39?,40?,41?,42?,44+,45-,46+,50-,51-,59-,61?,62?,70-,71-,72?,73?,124?/m0/s1. The van der Waals surface area contributed by atoms with E-state index < -0.39 is 348 Å². The van der Waals surface area contributed by atoms with Gasteiger partial charge in [-0.25, -0.2) is 0 Å². The van der Waals surface area contributed by atoms with E-state index in [4.69, 9.17) is 14.2 Å². The Balaban J connectivity index is 1.09. The van der Waals surface area contributed by atoms with Crippen molar-refractivity contribution in [1.82, 2.24) is 56.9 Å². The highest BCUT2D eigenvalue weighted by Gasteiger charge is 2.56. The van der Waals surface area contributed by atoms with Gasteiger partial charge in [-0.15, -0.1) is 23.5 Å². The summed E-state index contributed by atoms with van der Waals surface area (Å²) in [5, 5.41) is 57.9. The Bertz CT molecular complexity index is 4570. The van der Waals surface area contributed by atoms with Crippen molar-refractivity contribution in [2.24, 2.45) is 35.5 Å². The van der Waals surface area contributed by atoms with Crippen LogP contribution in [0.3, 0.4) is 0 Å². The van der Waals surface area contributed by atoms with Crippen molar-refractivity contribution in [1.29, 1.82) is 0 Å². The number of benzene rings is 1. The third kappa shape index (κ3) is 24.8. The Morgan fingerprint density at radius 3 is 1.71 bits per heavy atom. The van der Waals surface area contributed by atoms with Crippen molar-refractivity contribution < 1.29 is 140 Å². The Morgan fingerprint density at radius 1 is 0.597 bits per heavy atom. The molecular weight excluding hydrogens is 1690 g/mol. The van der Waals surface area contributed by atoms with Gasteiger partial charge in [0.05, 0.1) is 120 Å². The molecule has 7 aliphatic heterocycles. The molecule has 10 unspecified atom stereocenters. The molecule has 40 nitrogen and oxygen atoms in total. The number of thioether (sulfide) groups is 2. The summed E-state index contributed by atoms with van der Waals surface area (Å²) in [6.07, 6.45) is -11.9. The van der Waals surface area contributed by atoms with E-state index in [-0.39, 0.29) is 98.5 Å². The van der Waals surface area contributed by atoms with E-state index in [1.807, 2.05) is 0 Å². The molecule has 2 aromatic rings. The molecule has 19 atom stereocenters. The average Bonchev–Trinajstić information content (AvgIpc) is 1.60. The van der Waals surface area contributed by atoms with Gasteiger partial charge in [0.1, 0.15) is 40.7 Å².